The normalized spacial score (nSPS) is 11.6. The number of benzene rings is 2. The van der Waals surface area contributed by atoms with Crippen molar-refractivity contribution < 1.29 is 52.4 Å². The zero-order valence-corrected chi connectivity index (χ0v) is 26.6. The van der Waals surface area contributed by atoms with Crippen LogP contribution in [0.5, 0.6) is 0 Å². The average molecular weight is 681 g/mol. The van der Waals surface area contributed by atoms with E-state index in [4.69, 9.17) is 22.4 Å². The molecular formula is C29H46BrO6Pd-. The molecule has 2 N–H and O–H groups in total. The number of rotatable bonds is 4. The number of hydrogen-bond donors (Lipinski definition) is 2. The van der Waals surface area contributed by atoms with E-state index in [0.29, 0.717) is 13.2 Å². The maximum Gasteiger partial charge on any atom is 0.339 e. The summed E-state index contributed by atoms with van der Waals surface area (Å²) in [5.41, 5.74) is 6.65. The Morgan fingerprint density at radius 3 is 1.78 bits per heavy atom. The minimum Gasteiger partial charge on any atom is -0.457 e. The number of aliphatic hydroxyl groups excluding tert-OH is 2. The van der Waals surface area contributed by atoms with E-state index in [1.165, 1.54) is 20.4 Å². The Hall–Kier alpha value is -1.56. The number of aryl methyl sites for hydroxylation is 3. The van der Waals surface area contributed by atoms with E-state index in [9.17, 15) is 9.59 Å². The molecule has 6 nitrogen and oxygen atoms in total. The van der Waals surface area contributed by atoms with Crippen LogP contribution < -0.4 is 0 Å². The average Bonchev–Trinajstić information content (AvgIpc) is 3.52. The molecule has 2 aromatic carbocycles. The van der Waals surface area contributed by atoms with E-state index in [2.05, 4.69) is 22.0 Å². The van der Waals surface area contributed by atoms with Crippen molar-refractivity contribution in [2.24, 2.45) is 0 Å². The van der Waals surface area contributed by atoms with Gasteiger partial charge in [-0.2, -0.15) is 0 Å². The van der Waals surface area contributed by atoms with E-state index >= 15 is 0 Å². The minimum atomic E-state index is -0.205. The number of halogens is 1. The van der Waals surface area contributed by atoms with Gasteiger partial charge >= 0.3 is 11.9 Å². The number of carbonyl (C=O) groups is 2. The van der Waals surface area contributed by atoms with Gasteiger partial charge in [-0.25, -0.2) is 9.59 Å². The zero-order chi connectivity index (χ0) is 29.0. The number of cyclic esters (lactones) is 2. The molecule has 0 radical (unpaired) electrons. The van der Waals surface area contributed by atoms with Crippen LogP contribution in [0.2, 0.25) is 0 Å². The molecule has 0 saturated carbocycles. The summed E-state index contributed by atoms with van der Waals surface area (Å²) in [6.07, 6.45) is 2.65. The number of esters is 2. The van der Waals surface area contributed by atoms with Crippen LogP contribution in [0.3, 0.4) is 0 Å². The van der Waals surface area contributed by atoms with Crippen molar-refractivity contribution in [1.82, 2.24) is 0 Å². The number of hydrogen-bond acceptors (Lipinski definition) is 6. The molecule has 37 heavy (non-hydrogen) atoms. The monoisotopic (exact) mass is 679 g/mol. The quantitative estimate of drug-likeness (QED) is 0.154. The second-order valence-electron chi connectivity index (χ2n) is 7.26. The first-order valence-corrected chi connectivity index (χ1v) is 12.1. The second-order valence-corrected chi connectivity index (χ2v) is 8.12. The van der Waals surface area contributed by atoms with Gasteiger partial charge < -0.3 is 27.1 Å². The minimum absolute atomic E-state index is 0. The summed E-state index contributed by atoms with van der Waals surface area (Å²) < 4.78 is 22.4. The fourth-order valence-electron chi connectivity index (χ4n) is 3.50. The first kappa shape index (κ1) is 37.6. The molecule has 0 atom stereocenters. The molecule has 8 heteroatoms. The van der Waals surface area contributed by atoms with Crippen LogP contribution in [-0.4, -0.2) is 35.4 Å². The van der Waals surface area contributed by atoms with Gasteiger partial charge in [-0.1, -0.05) is 62.8 Å². The summed E-state index contributed by atoms with van der Waals surface area (Å²) in [6, 6.07) is 7.89. The Morgan fingerprint density at radius 1 is 0.892 bits per heavy atom. The van der Waals surface area contributed by atoms with Crippen molar-refractivity contribution in [3.63, 3.8) is 0 Å². The molecule has 0 bridgehead atoms. The molecule has 0 aromatic heterocycles. The third-order valence-corrected chi connectivity index (χ3v) is 5.78. The predicted molar refractivity (Wildman–Crippen MR) is 152 cm³/mol. The van der Waals surface area contributed by atoms with Crippen LogP contribution in [0, 0.1) is 21.3 Å². The molecule has 0 saturated heterocycles. The van der Waals surface area contributed by atoms with Crippen molar-refractivity contribution in [2.75, 3.05) is 13.2 Å². The van der Waals surface area contributed by atoms with Gasteiger partial charge in [-0.15, -0.1) is 0 Å². The van der Waals surface area contributed by atoms with Gasteiger partial charge in [0, 0.05) is 52.0 Å². The van der Waals surface area contributed by atoms with Crippen LogP contribution >= 0.6 is 15.9 Å². The summed E-state index contributed by atoms with van der Waals surface area (Å²) in [5, 5.41) is 16.3. The van der Waals surface area contributed by atoms with Gasteiger partial charge in [-0.3, -0.25) is 0 Å². The van der Waals surface area contributed by atoms with Crippen molar-refractivity contribution in [3.8, 4) is 0 Å². The standard InChI is InChI=1S/C13H16O3.C9H7BrO2.C2H6O.C2H6.2CH4.CH3.Pd/c1-9-5-6-10(4-2-3-7-14)11-8-16-13(15)12(9)11;1-5-2-3-7(10)6-4-12-9(11)8(5)6;1-2-3;1-2;;;;/h5-6,14H,2-4,7-8H2,1H3;2-3H,4H2,1H3;3H,2H2,1H3;1-2H3;2*1H4;1H3;/q;;;;;;-1;/i;;;;2*1T;;. The van der Waals surface area contributed by atoms with Crippen molar-refractivity contribution in [3.05, 3.63) is 75.1 Å². The fourth-order valence-corrected chi connectivity index (χ4v) is 3.95. The number of aliphatic hydroxyl groups is 2. The van der Waals surface area contributed by atoms with Crippen molar-refractivity contribution in [1.29, 1.82) is 0 Å². The van der Waals surface area contributed by atoms with Crippen LogP contribution in [0.15, 0.2) is 28.7 Å². The van der Waals surface area contributed by atoms with Gasteiger partial charge in [0.2, 0.25) is 0 Å². The Labute approximate surface area is 249 Å². The summed E-state index contributed by atoms with van der Waals surface area (Å²) in [4.78, 5) is 22.7. The maximum absolute atomic E-state index is 11.5. The molecule has 4 rings (SSSR count). The van der Waals surface area contributed by atoms with Crippen LogP contribution in [0.1, 0.15) is 99.7 Å². The molecule has 0 spiro atoms. The molecule has 216 valence electrons. The van der Waals surface area contributed by atoms with E-state index < -0.39 is 0 Å². The Kier molecular flexibility index (Phi) is 22.8. The number of ether oxygens (including phenoxy) is 2. The zero-order valence-electron chi connectivity index (χ0n) is 25.5. The smallest absolute Gasteiger partial charge is 0.339 e. The first-order valence-electron chi connectivity index (χ1n) is 13.3. The molecular weight excluding hydrogens is 631 g/mol. The first-order chi connectivity index (χ1) is 17.8. The van der Waals surface area contributed by atoms with Crippen LogP contribution in [0.25, 0.3) is 0 Å². The van der Waals surface area contributed by atoms with E-state index in [1.54, 1.807) is 6.92 Å². The number of fused-ring (bicyclic) bond motifs is 2. The molecule has 0 aliphatic carbocycles. The SMILES string of the molecule is CC.CCO.Cc1ccc(Br)c2c1C(=O)OC2.Cc1ccc(CCCCO)c2c1C(=O)OC2.[3H]C.[3H]C.[CH3-].[Pd]. The summed E-state index contributed by atoms with van der Waals surface area (Å²) >= 11 is 3.38. The van der Waals surface area contributed by atoms with Crippen LogP contribution in [-0.2, 0) is 49.5 Å². The van der Waals surface area contributed by atoms with Crippen LogP contribution in [0.4, 0.5) is 0 Å². The molecule has 2 aliphatic rings. The molecule has 0 amide bonds. The van der Waals surface area contributed by atoms with Gasteiger partial charge in [0.1, 0.15) is 13.2 Å². The molecule has 2 aromatic rings. The third-order valence-electron chi connectivity index (χ3n) is 5.04. The maximum atomic E-state index is 11.5. The summed E-state index contributed by atoms with van der Waals surface area (Å²) in [5.74, 6) is -0.402. The molecule has 2 heterocycles. The molecule has 0 fully saturated rings. The summed E-state index contributed by atoms with van der Waals surface area (Å²) in [6.45, 7) is 10.8. The predicted octanol–water partition coefficient (Wildman–Crippen LogP) is 7.15. The van der Waals surface area contributed by atoms with Crippen molar-refractivity contribution >= 4 is 27.9 Å². The molecule has 0 unspecified atom stereocenters. The Morgan fingerprint density at radius 2 is 1.32 bits per heavy atom. The fraction of sp³-hybridized carbons (Fsp3) is 0.483. The van der Waals surface area contributed by atoms with Gasteiger partial charge in [-0.05, 0) is 62.8 Å². The van der Waals surface area contributed by atoms with E-state index in [-0.39, 0.29) is 53.0 Å². The largest absolute Gasteiger partial charge is 0.457 e. The van der Waals surface area contributed by atoms with Gasteiger partial charge in [0.05, 0.1) is 11.1 Å². The van der Waals surface area contributed by atoms with Gasteiger partial charge in [0.15, 0.2) is 0 Å². The van der Waals surface area contributed by atoms with E-state index in [1.807, 2.05) is 45.9 Å². The number of carbonyl (C=O) groups excluding carboxylic acids is 2. The second kappa shape index (κ2) is 22.4. The third kappa shape index (κ3) is 11.8. The Bertz CT molecular complexity index is 958. The van der Waals surface area contributed by atoms with Gasteiger partial charge in [0.25, 0.3) is 0 Å². The van der Waals surface area contributed by atoms with E-state index in [0.717, 1.165) is 57.1 Å². The Balaban J connectivity index is -0.000000238. The number of unbranched alkanes of at least 4 members (excludes halogenated alkanes) is 1. The topological polar surface area (TPSA) is 93.1 Å². The summed E-state index contributed by atoms with van der Waals surface area (Å²) in [7, 11) is 2.50. The van der Waals surface area contributed by atoms with Crippen molar-refractivity contribution in [2.45, 2.75) is 81.9 Å². The molecule has 2 aliphatic heterocycles.